The Morgan fingerprint density at radius 1 is 1.37 bits per heavy atom. The SMILES string of the molecule is CCCCCNC(=O)c1c(C)nc2cc(C)ccn12. The van der Waals surface area contributed by atoms with E-state index in [1.807, 2.05) is 36.6 Å². The molecule has 1 N–H and O–H groups in total. The van der Waals surface area contributed by atoms with Gasteiger partial charge in [-0.1, -0.05) is 19.8 Å². The molecule has 0 aliphatic carbocycles. The highest BCUT2D eigenvalue weighted by Crippen LogP contribution is 2.13. The number of hydrogen-bond donors (Lipinski definition) is 1. The molecule has 2 aromatic heterocycles. The first-order valence-electron chi connectivity index (χ1n) is 6.87. The van der Waals surface area contributed by atoms with Crippen molar-refractivity contribution in [1.29, 1.82) is 0 Å². The molecule has 2 aromatic rings. The summed E-state index contributed by atoms with van der Waals surface area (Å²) in [5.74, 6) is -0.0371. The summed E-state index contributed by atoms with van der Waals surface area (Å²) in [6.45, 7) is 6.78. The lowest BCUT2D eigenvalue weighted by molar-refractivity contribution is 0.0946. The number of hydrogen-bond acceptors (Lipinski definition) is 2. The van der Waals surface area contributed by atoms with E-state index in [-0.39, 0.29) is 5.91 Å². The third-order valence-corrected chi connectivity index (χ3v) is 3.24. The molecule has 0 aliphatic heterocycles. The fourth-order valence-corrected chi connectivity index (χ4v) is 2.20. The van der Waals surface area contributed by atoms with Crippen LogP contribution in [0.4, 0.5) is 0 Å². The summed E-state index contributed by atoms with van der Waals surface area (Å²) in [6.07, 6.45) is 5.23. The van der Waals surface area contributed by atoms with Crippen LogP contribution < -0.4 is 5.32 Å². The van der Waals surface area contributed by atoms with Crippen molar-refractivity contribution >= 4 is 11.6 Å². The van der Waals surface area contributed by atoms with E-state index in [0.717, 1.165) is 42.7 Å². The molecule has 4 heteroatoms. The van der Waals surface area contributed by atoms with Gasteiger partial charge in [0.25, 0.3) is 5.91 Å². The number of amides is 1. The van der Waals surface area contributed by atoms with Gasteiger partial charge in [0.05, 0.1) is 5.69 Å². The summed E-state index contributed by atoms with van der Waals surface area (Å²) in [6, 6.07) is 3.98. The van der Waals surface area contributed by atoms with Crippen molar-refractivity contribution < 1.29 is 4.79 Å². The number of unbranched alkanes of at least 4 members (excludes halogenated alkanes) is 2. The molecule has 0 unspecified atom stereocenters. The number of pyridine rings is 1. The molecule has 2 rings (SSSR count). The monoisotopic (exact) mass is 259 g/mol. The zero-order valence-electron chi connectivity index (χ0n) is 11.9. The highest BCUT2D eigenvalue weighted by molar-refractivity contribution is 5.94. The second-order valence-electron chi connectivity index (χ2n) is 4.94. The minimum atomic E-state index is -0.0371. The van der Waals surface area contributed by atoms with E-state index in [2.05, 4.69) is 17.2 Å². The van der Waals surface area contributed by atoms with Gasteiger partial charge in [-0.3, -0.25) is 9.20 Å². The number of rotatable bonds is 5. The minimum absolute atomic E-state index is 0.0371. The molecule has 1 amide bonds. The summed E-state index contributed by atoms with van der Waals surface area (Å²) in [7, 11) is 0. The molecule has 0 bridgehead atoms. The molecule has 0 radical (unpaired) electrons. The third kappa shape index (κ3) is 2.95. The zero-order chi connectivity index (χ0) is 13.8. The number of aromatic nitrogens is 2. The van der Waals surface area contributed by atoms with E-state index in [1.54, 1.807) is 0 Å². The molecule has 4 nitrogen and oxygen atoms in total. The zero-order valence-corrected chi connectivity index (χ0v) is 11.9. The van der Waals surface area contributed by atoms with E-state index in [0.29, 0.717) is 5.69 Å². The quantitative estimate of drug-likeness (QED) is 0.839. The van der Waals surface area contributed by atoms with Gasteiger partial charge in [-0.05, 0) is 38.0 Å². The molecule has 19 heavy (non-hydrogen) atoms. The Hall–Kier alpha value is -1.84. The van der Waals surface area contributed by atoms with Crippen molar-refractivity contribution in [3.8, 4) is 0 Å². The maximum atomic E-state index is 12.2. The number of nitrogens with one attached hydrogen (secondary N) is 1. The van der Waals surface area contributed by atoms with Crippen molar-refractivity contribution in [1.82, 2.24) is 14.7 Å². The van der Waals surface area contributed by atoms with Gasteiger partial charge >= 0.3 is 0 Å². The molecular formula is C15H21N3O. The van der Waals surface area contributed by atoms with Gasteiger partial charge in [-0.25, -0.2) is 4.98 Å². The van der Waals surface area contributed by atoms with Gasteiger partial charge in [0.2, 0.25) is 0 Å². The maximum absolute atomic E-state index is 12.2. The summed E-state index contributed by atoms with van der Waals surface area (Å²) in [5.41, 5.74) is 3.40. The summed E-state index contributed by atoms with van der Waals surface area (Å²) >= 11 is 0. The van der Waals surface area contributed by atoms with Crippen molar-refractivity contribution in [2.75, 3.05) is 6.54 Å². The molecule has 0 saturated heterocycles. The predicted octanol–water partition coefficient (Wildman–Crippen LogP) is 2.87. The third-order valence-electron chi connectivity index (χ3n) is 3.24. The molecule has 0 spiro atoms. The van der Waals surface area contributed by atoms with Crippen molar-refractivity contribution in [2.45, 2.75) is 40.0 Å². The Morgan fingerprint density at radius 2 is 2.16 bits per heavy atom. The smallest absolute Gasteiger partial charge is 0.270 e. The highest BCUT2D eigenvalue weighted by Gasteiger charge is 2.15. The molecule has 0 aliphatic rings. The molecule has 0 atom stereocenters. The van der Waals surface area contributed by atoms with Crippen LogP contribution in [-0.4, -0.2) is 21.8 Å². The van der Waals surface area contributed by atoms with Gasteiger partial charge in [-0.15, -0.1) is 0 Å². The van der Waals surface area contributed by atoms with Crippen LogP contribution in [0.1, 0.15) is 47.9 Å². The van der Waals surface area contributed by atoms with Crippen LogP contribution in [0.5, 0.6) is 0 Å². The van der Waals surface area contributed by atoms with Crippen molar-refractivity contribution in [3.63, 3.8) is 0 Å². The van der Waals surface area contributed by atoms with E-state index in [1.165, 1.54) is 0 Å². The topological polar surface area (TPSA) is 46.4 Å². The van der Waals surface area contributed by atoms with E-state index < -0.39 is 0 Å². The first-order chi connectivity index (χ1) is 9.13. The van der Waals surface area contributed by atoms with Gasteiger partial charge in [0.15, 0.2) is 0 Å². The van der Waals surface area contributed by atoms with Crippen LogP contribution in [0.3, 0.4) is 0 Å². The van der Waals surface area contributed by atoms with Gasteiger partial charge in [0.1, 0.15) is 11.3 Å². The lowest BCUT2D eigenvalue weighted by Crippen LogP contribution is -2.26. The van der Waals surface area contributed by atoms with Crippen LogP contribution in [0.2, 0.25) is 0 Å². The number of carbonyl (C=O) groups is 1. The van der Waals surface area contributed by atoms with Gasteiger partial charge in [-0.2, -0.15) is 0 Å². The second-order valence-corrected chi connectivity index (χ2v) is 4.94. The van der Waals surface area contributed by atoms with E-state index in [9.17, 15) is 4.79 Å². The van der Waals surface area contributed by atoms with Crippen LogP contribution >= 0.6 is 0 Å². The number of imidazole rings is 1. The average molecular weight is 259 g/mol. The summed E-state index contributed by atoms with van der Waals surface area (Å²) in [5, 5.41) is 2.97. The molecule has 0 fully saturated rings. The number of fused-ring (bicyclic) bond motifs is 1. The Kier molecular flexibility index (Phi) is 4.20. The molecule has 0 aromatic carbocycles. The van der Waals surface area contributed by atoms with Crippen molar-refractivity contribution in [2.24, 2.45) is 0 Å². The van der Waals surface area contributed by atoms with Crippen LogP contribution in [0.15, 0.2) is 18.3 Å². The fourth-order valence-electron chi connectivity index (χ4n) is 2.20. The minimum Gasteiger partial charge on any atom is -0.351 e. The van der Waals surface area contributed by atoms with Crippen LogP contribution in [-0.2, 0) is 0 Å². The standard InChI is InChI=1S/C15H21N3O/c1-4-5-6-8-16-15(19)14-12(3)17-13-10-11(2)7-9-18(13)14/h7,9-10H,4-6,8H2,1-3H3,(H,16,19). The first kappa shape index (κ1) is 13.6. The normalized spacial score (nSPS) is 10.9. The molecular weight excluding hydrogens is 238 g/mol. The molecule has 102 valence electrons. The van der Waals surface area contributed by atoms with Gasteiger partial charge < -0.3 is 5.32 Å². The van der Waals surface area contributed by atoms with Crippen LogP contribution in [0.25, 0.3) is 5.65 Å². The number of carbonyl (C=O) groups excluding carboxylic acids is 1. The lowest BCUT2D eigenvalue weighted by Gasteiger charge is -2.05. The fraction of sp³-hybridized carbons (Fsp3) is 0.467. The Balaban J connectivity index is 2.19. The number of nitrogens with zero attached hydrogens (tertiary/aromatic N) is 2. The maximum Gasteiger partial charge on any atom is 0.270 e. The molecule has 2 heterocycles. The average Bonchev–Trinajstić information content (AvgIpc) is 2.69. The second kappa shape index (κ2) is 5.87. The van der Waals surface area contributed by atoms with Crippen molar-refractivity contribution in [3.05, 3.63) is 35.3 Å². The Labute approximate surface area is 113 Å². The summed E-state index contributed by atoms with van der Waals surface area (Å²) < 4.78 is 1.86. The number of aryl methyl sites for hydroxylation is 2. The predicted molar refractivity (Wildman–Crippen MR) is 76.5 cm³/mol. The largest absolute Gasteiger partial charge is 0.351 e. The molecule has 0 saturated carbocycles. The van der Waals surface area contributed by atoms with Crippen LogP contribution in [0, 0.1) is 13.8 Å². The van der Waals surface area contributed by atoms with E-state index in [4.69, 9.17) is 0 Å². The Morgan fingerprint density at radius 3 is 2.89 bits per heavy atom. The van der Waals surface area contributed by atoms with Gasteiger partial charge in [0, 0.05) is 12.7 Å². The highest BCUT2D eigenvalue weighted by atomic mass is 16.1. The summed E-state index contributed by atoms with van der Waals surface area (Å²) in [4.78, 5) is 16.7. The lowest BCUT2D eigenvalue weighted by atomic mass is 10.2. The van der Waals surface area contributed by atoms with E-state index >= 15 is 0 Å². The Bertz CT molecular complexity index is 586. The first-order valence-corrected chi connectivity index (χ1v) is 6.87.